The predicted octanol–water partition coefficient (Wildman–Crippen LogP) is 6.65. The lowest BCUT2D eigenvalue weighted by Gasteiger charge is -2.20. The number of rotatable bonds is 6. The molecular formula is C27H19BF5. The summed E-state index contributed by atoms with van der Waals surface area (Å²) in [6, 6.07) is 27.1. The molecule has 0 aliphatic rings. The predicted molar refractivity (Wildman–Crippen MR) is 120 cm³/mol. The minimum absolute atomic E-state index is 0.0924. The van der Waals surface area contributed by atoms with E-state index in [1.54, 1.807) is 6.07 Å². The molecule has 33 heavy (non-hydrogen) atoms. The van der Waals surface area contributed by atoms with Gasteiger partial charge >= 0.3 is 0 Å². The maximum Gasteiger partial charge on any atom is 0.200 e. The fraction of sp³-hybridized carbons (Fsp3) is 0.111. The molecule has 6 heteroatoms. The van der Waals surface area contributed by atoms with Gasteiger partial charge in [0, 0.05) is 11.5 Å². The first-order chi connectivity index (χ1) is 15.9. The highest BCUT2D eigenvalue weighted by Crippen LogP contribution is 2.32. The first-order valence-electron chi connectivity index (χ1n) is 10.4. The molecule has 1 radical (unpaired) electrons. The number of halogens is 5. The van der Waals surface area contributed by atoms with Crippen LogP contribution < -0.4 is 5.46 Å². The Kier molecular flexibility index (Phi) is 6.63. The van der Waals surface area contributed by atoms with E-state index in [2.05, 4.69) is 0 Å². The summed E-state index contributed by atoms with van der Waals surface area (Å²) in [4.78, 5) is 0. The van der Waals surface area contributed by atoms with Gasteiger partial charge < -0.3 is 0 Å². The van der Waals surface area contributed by atoms with Crippen LogP contribution in [0.25, 0.3) is 0 Å². The van der Waals surface area contributed by atoms with Crippen molar-refractivity contribution in [2.75, 3.05) is 0 Å². The summed E-state index contributed by atoms with van der Waals surface area (Å²) in [5.74, 6) is -10.8. The minimum Gasteiger partial charge on any atom is -0.203 e. The maximum atomic E-state index is 14.3. The molecule has 0 fully saturated rings. The van der Waals surface area contributed by atoms with Gasteiger partial charge in [0.05, 0.1) is 0 Å². The Labute approximate surface area is 190 Å². The molecule has 4 aromatic rings. The molecule has 0 bridgehead atoms. The molecule has 0 saturated heterocycles. The van der Waals surface area contributed by atoms with Crippen LogP contribution in [0.3, 0.4) is 0 Å². The van der Waals surface area contributed by atoms with Crippen molar-refractivity contribution in [2.45, 2.75) is 18.7 Å². The van der Waals surface area contributed by atoms with Crippen LogP contribution in [0.2, 0.25) is 0 Å². The van der Waals surface area contributed by atoms with E-state index in [-0.39, 0.29) is 5.92 Å². The molecule has 4 aromatic carbocycles. The molecule has 0 amide bonds. The van der Waals surface area contributed by atoms with Crippen molar-refractivity contribution in [3.63, 3.8) is 0 Å². The van der Waals surface area contributed by atoms with E-state index >= 15 is 0 Å². The molecule has 1 unspecified atom stereocenters. The summed E-state index contributed by atoms with van der Waals surface area (Å²) in [6.07, 6.45) is 0. The third-order valence-electron chi connectivity index (χ3n) is 5.65. The van der Waals surface area contributed by atoms with Crippen LogP contribution in [-0.2, 0) is 0 Å². The van der Waals surface area contributed by atoms with Crippen LogP contribution in [0.1, 0.15) is 40.9 Å². The van der Waals surface area contributed by atoms with Crippen molar-refractivity contribution in [3.05, 3.63) is 136 Å². The second kappa shape index (κ2) is 9.61. The zero-order valence-corrected chi connectivity index (χ0v) is 17.7. The Hall–Kier alpha value is -3.41. The number of hydrogen-bond acceptors (Lipinski definition) is 0. The van der Waals surface area contributed by atoms with Crippen molar-refractivity contribution < 1.29 is 22.0 Å². The first-order valence-corrected chi connectivity index (χ1v) is 10.4. The molecule has 0 aromatic heterocycles. The molecule has 0 nitrogen and oxygen atoms in total. The fourth-order valence-corrected chi connectivity index (χ4v) is 4.10. The highest BCUT2D eigenvalue weighted by Gasteiger charge is 2.29. The van der Waals surface area contributed by atoms with Crippen LogP contribution in [0.4, 0.5) is 22.0 Å². The number of benzene rings is 4. The lowest BCUT2D eigenvalue weighted by Crippen LogP contribution is -2.24. The summed E-state index contributed by atoms with van der Waals surface area (Å²) >= 11 is 0. The van der Waals surface area contributed by atoms with E-state index in [0.717, 1.165) is 16.7 Å². The highest BCUT2D eigenvalue weighted by atomic mass is 19.2. The molecule has 165 valence electrons. The number of hydrogen-bond donors (Lipinski definition) is 0. The van der Waals surface area contributed by atoms with Gasteiger partial charge in [-0.1, -0.05) is 97.3 Å². The zero-order chi connectivity index (χ0) is 23.5. The summed E-state index contributed by atoms with van der Waals surface area (Å²) < 4.78 is 69.3. The second-order valence-corrected chi connectivity index (χ2v) is 7.86. The molecular weight excluding hydrogens is 430 g/mol. The Bertz CT molecular complexity index is 1190. The maximum absolute atomic E-state index is 14.3. The van der Waals surface area contributed by atoms with Crippen LogP contribution >= 0.6 is 0 Å². The Morgan fingerprint density at radius 3 is 1.52 bits per heavy atom. The van der Waals surface area contributed by atoms with Gasteiger partial charge in [0.2, 0.25) is 5.82 Å². The lowest BCUT2D eigenvalue weighted by molar-refractivity contribution is 0.370. The molecule has 4 rings (SSSR count). The second-order valence-electron chi connectivity index (χ2n) is 7.86. The van der Waals surface area contributed by atoms with E-state index in [1.807, 2.05) is 78.9 Å². The van der Waals surface area contributed by atoms with Gasteiger partial charge in [0.1, 0.15) is 0 Å². The van der Waals surface area contributed by atoms with Gasteiger partial charge in [-0.25, -0.2) is 22.0 Å². The van der Waals surface area contributed by atoms with E-state index in [0.29, 0.717) is 5.46 Å². The summed E-state index contributed by atoms with van der Waals surface area (Å²) in [5.41, 5.74) is 2.83. The van der Waals surface area contributed by atoms with Gasteiger partial charge in [0.25, 0.3) is 0 Å². The van der Waals surface area contributed by atoms with Gasteiger partial charge in [0.15, 0.2) is 30.5 Å². The van der Waals surface area contributed by atoms with E-state index in [4.69, 9.17) is 0 Å². The summed E-state index contributed by atoms with van der Waals surface area (Å²) in [6.45, 7) is 1.40. The van der Waals surface area contributed by atoms with Gasteiger partial charge in [-0.2, -0.15) is 0 Å². The molecule has 0 saturated carbocycles. The van der Waals surface area contributed by atoms with Crippen molar-refractivity contribution >= 4 is 12.7 Å². The molecule has 0 spiro atoms. The molecule has 0 aliphatic carbocycles. The van der Waals surface area contributed by atoms with Crippen molar-refractivity contribution in [3.8, 4) is 0 Å². The Balaban J connectivity index is 1.71. The van der Waals surface area contributed by atoms with Crippen molar-refractivity contribution in [2.24, 2.45) is 0 Å². The van der Waals surface area contributed by atoms with Crippen LogP contribution in [0.5, 0.6) is 0 Å². The van der Waals surface area contributed by atoms with Crippen molar-refractivity contribution in [1.29, 1.82) is 0 Å². The fourth-order valence-electron chi connectivity index (χ4n) is 4.10. The van der Waals surface area contributed by atoms with E-state index < -0.39 is 40.5 Å². The van der Waals surface area contributed by atoms with Crippen LogP contribution in [-0.4, -0.2) is 7.28 Å². The zero-order valence-electron chi connectivity index (χ0n) is 17.7. The molecule has 0 aliphatic heterocycles. The third-order valence-corrected chi connectivity index (χ3v) is 5.65. The monoisotopic (exact) mass is 449 g/mol. The Morgan fingerprint density at radius 1 is 0.545 bits per heavy atom. The molecule has 1 atom stereocenters. The van der Waals surface area contributed by atoms with Crippen LogP contribution in [0.15, 0.2) is 84.9 Å². The molecule has 0 N–H and O–H groups in total. The summed E-state index contributed by atoms with van der Waals surface area (Å²) in [7, 11) is 1.49. The van der Waals surface area contributed by atoms with Crippen molar-refractivity contribution in [1.82, 2.24) is 0 Å². The highest BCUT2D eigenvalue weighted by molar-refractivity contribution is 6.55. The largest absolute Gasteiger partial charge is 0.203 e. The summed E-state index contributed by atoms with van der Waals surface area (Å²) in [5, 5.41) is 0. The average Bonchev–Trinajstić information content (AvgIpc) is 2.83. The van der Waals surface area contributed by atoms with Gasteiger partial charge in [-0.15, -0.1) is 0 Å². The van der Waals surface area contributed by atoms with Crippen LogP contribution in [0, 0.1) is 29.1 Å². The first kappa shape index (κ1) is 22.8. The third kappa shape index (κ3) is 4.56. The van der Waals surface area contributed by atoms with E-state index in [9.17, 15) is 22.0 Å². The van der Waals surface area contributed by atoms with Gasteiger partial charge in [-0.3, -0.25) is 0 Å². The van der Waals surface area contributed by atoms with E-state index in [1.165, 1.54) is 14.2 Å². The molecule has 0 heterocycles. The smallest absolute Gasteiger partial charge is 0.200 e. The van der Waals surface area contributed by atoms with Gasteiger partial charge in [-0.05, 0) is 22.5 Å². The SMILES string of the molecule is CC([B]c1cccc(C(c2ccccc2)c2ccccc2)c1)c1c(F)c(F)c(F)c(F)c1F. The Morgan fingerprint density at radius 2 is 1.00 bits per heavy atom. The minimum atomic E-state index is -2.16. The lowest BCUT2D eigenvalue weighted by atomic mass is 9.57. The normalized spacial score (nSPS) is 12.1. The topological polar surface area (TPSA) is 0 Å². The standard InChI is InChI=1S/C27H19BF5/c1-16(21-23(29)25(31)27(33)26(32)24(21)30)28-20-14-8-13-19(15-20)22(17-9-4-2-5-10-17)18-11-6-3-7-12-18/h2-16,22H,1H3. The quantitative estimate of drug-likeness (QED) is 0.102. The average molecular weight is 449 g/mol.